The van der Waals surface area contributed by atoms with Gasteiger partial charge in [-0.1, -0.05) is 17.7 Å². The zero-order chi connectivity index (χ0) is 16.9. The number of hydrogen-bond donors (Lipinski definition) is 2. The van der Waals surface area contributed by atoms with Crippen molar-refractivity contribution in [3.63, 3.8) is 0 Å². The molecule has 0 saturated heterocycles. The van der Waals surface area contributed by atoms with Gasteiger partial charge < -0.3 is 10.6 Å². The van der Waals surface area contributed by atoms with E-state index in [0.29, 0.717) is 22.4 Å². The molecule has 2 aromatic carbocycles. The van der Waals surface area contributed by atoms with Crippen LogP contribution in [0.3, 0.4) is 0 Å². The zero-order valence-corrected chi connectivity index (χ0v) is 13.5. The summed E-state index contributed by atoms with van der Waals surface area (Å²) in [7, 11) is 0. The van der Waals surface area contributed by atoms with Crippen LogP contribution in [0, 0.1) is 18.3 Å². The molecule has 1 heterocycles. The Morgan fingerprint density at radius 2 is 1.88 bits per heavy atom. The van der Waals surface area contributed by atoms with E-state index in [0.717, 1.165) is 16.9 Å². The lowest BCUT2D eigenvalue weighted by Crippen LogP contribution is -2.03. The number of benzene rings is 2. The van der Waals surface area contributed by atoms with Gasteiger partial charge in [0.05, 0.1) is 17.8 Å². The van der Waals surface area contributed by atoms with Crippen molar-refractivity contribution in [2.24, 2.45) is 0 Å². The maximum Gasteiger partial charge on any atom is 0.249 e. The number of rotatable bonds is 4. The molecule has 0 aliphatic rings. The van der Waals surface area contributed by atoms with Gasteiger partial charge in [-0.2, -0.15) is 15.3 Å². The summed E-state index contributed by atoms with van der Waals surface area (Å²) in [5, 5.41) is 23.6. The quantitative estimate of drug-likeness (QED) is 0.742. The largest absolute Gasteiger partial charge is 0.339 e. The lowest BCUT2D eigenvalue weighted by Gasteiger charge is -2.10. The summed E-state index contributed by atoms with van der Waals surface area (Å²) in [6, 6.07) is 14.7. The molecule has 0 amide bonds. The average molecular weight is 337 g/mol. The van der Waals surface area contributed by atoms with E-state index < -0.39 is 0 Å². The third kappa shape index (κ3) is 3.77. The standard InChI is InChI=1S/C17H13ClN6/c1-11-2-5-13(18)8-15(11)22-17-23-16(10-20-24-17)21-14-6-3-12(9-19)4-7-14/h2-8,10H,1H3,(H2,21,22,23,24). The number of nitrogens with zero attached hydrogens (tertiary/aromatic N) is 4. The van der Waals surface area contributed by atoms with Crippen LogP contribution in [0.4, 0.5) is 23.1 Å². The minimum atomic E-state index is 0.360. The van der Waals surface area contributed by atoms with Crippen molar-refractivity contribution in [2.45, 2.75) is 6.92 Å². The molecule has 3 rings (SSSR count). The van der Waals surface area contributed by atoms with E-state index in [1.54, 1.807) is 30.3 Å². The van der Waals surface area contributed by atoms with Crippen LogP contribution in [-0.2, 0) is 0 Å². The minimum Gasteiger partial charge on any atom is -0.339 e. The van der Waals surface area contributed by atoms with Crippen molar-refractivity contribution in [2.75, 3.05) is 10.6 Å². The van der Waals surface area contributed by atoms with Gasteiger partial charge in [0.25, 0.3) is 0 Å². The molecule has 0 fully saturated rings. The number of nitrogens with one attached hydrogen (secondary N) is 2. The first-order valence-corrected chi connectivity index (χ1v) is 7.52. The van der Waals surface area contributed by atoms with Gasteiger partial charge in [0.1, 0.15) is 0 Å². The Balaban J connectivity index is 1.78. The summed E-state index contributed by atoms with van der Waals surface area (Å²) >= 11 is 6.01. The molecule has 0 spiro atoms. The summed E-state index contributed by atoms with van der Waals surface area (Å²) in [5.41, 5.74) is 3.24. The molecule has 24 heavy (non-hydrogen) atoms. The SMILES string of the molecule is Cc1ccc(Cl)cc1Nc1nncc(Nc2ccc(C#N)cc2)n1. The van der Waals surface area contributed by atoms with Crippen molar-refractivity contribution in [3.8, 4) is 6.07 Å². The van der Waals surface area contributed by atoms with E-state index in [1.807, 2.05) is 19.1 Å². The number of aryl methyl sites for hydroxylation is 1. The fraction of sp³-hybridized carbons (Fsp3) is 0.0588. The zero-order valence-electron chi connectivity index (χ0n) is 12.8. The number of halogens is 1. The molecule has 0 radical (unpaired) electrons. The molecule has 1 aromatic heterocycles. The molecule has 0 aliphatic heterocycles. The second-order valence-corrected chi connectivity index (χ2v) is 5.50. The second-order valence-electron chi connectivity index (χ2n) is 5.06. The van der Waals surface area contributed by atoms with Crippen LogP contribution in [0.1, 0.15) is 11.1 Å². The number of nitriles is 1. The summed E-state index contributed by atoms with van der Waals surface area (Å²) in [4.78, 5) is 4.37. The highest BCUT2D eigenvalue weighted by Crippen LogP contribution is 2.23. The Morgan fingerprint density at radius 1 is 1.08 bits per heavy atom. The first-order valence-electron chi connectivity index (χ1n) is 7.14. The maximum absolute atomic E-state index is 8.82. The minimum absolute atomic E-state index is 0.360. The van der Waals surface area contributed by atoms with E-state index in [2.05, 4.69) is 31.9 Å². The number of hydrogen-bond acceptors (Lipinski definition) is 6. The van der Waals surface area contributed by atoms with E-state index in [9.17, 15) is 0 Å². The third-order valence-corrected chi connectivity index (χ3v) is 3.53. The summed E-state index contributed by atoms with van der Waals surface area (Å²) in [6.07, 6.45) is 1.52. The van der Waals surface area contributed by atoms with E-state index in [1.165, 1.54) is 6.20 Å². The van der Waals surface area contributed by atoms with E-state index in [-0.39, 0.29) is 0 Å². The van der Waals surface area contributed by atoms with Crippen LogP contribution >= 0.6 is 11.6 Å². The van der Waals surface area contributed by atoms with Crippen molar-refractivity contribution in [1.29, 1.82) is 5.26 Å². The predicted molar refractivity (Wildman–Crippen MR) is 93.7 cm³/mol. The normalized spacial score (nSPS) is 10.0. The van der Waals surface area contributed by atoms with E-state index >= 15 is 0 Å². The number of anilines is 4. The van der Waals surface area contributed by atoms with Crippen molar-refractivity contribution >= 4 is 34.7 Å². The Morgan fingerprint density at radius 3 is 2.62 bits per heavy atom. The van der Waals surface area contributed by atoms with Crippen molar-refractivity contribution in [1.82, 2.24) is 15.2 Å². The maximum atomic E-state index is 8.82. The molecule has 3 aromatic rings. The second kappa shape index (κ2) is 6.94. The topological polar surface area (TPSA) is 86.5 Å². The summed E-state index contributed by atoms with van der Waals surface area (Å²) in [6.45, 7) is 1.96. The molecule has 0 saturated carbocycles. The molecule has 118 valence electrons. The van der Waals surface area contributed by atoms with Gasteiger partial charge in [-0.25, -0.2) is 0 Å². The van der Waals surface area contributed by atoms with E-state index in [4.69, 9.17) is 16.9 Å². The first kappa shape index (κ1) is 15.7. The fourth-order valence-electron chi connectivity index (χ4n) is 2.04. The average Bonchev–Trinajstić information content (AvgIpc) is 2.59. The van der Waals surface area contributed by atoms with Crippen LogP contribution in [0.2, 0.25) is 5.02 Å². The van der Waals surface area contributed by atoms with Gasteiger partial charge in [0.2, 0.25) is 5.95 Å². The van der Waals surface area contributed by atoms with Gasteiger partial charge >= 0.3 is 0 Å². The van der Waals surface area contributed by atoms with Gasteiger partial charge in [0, 0.05) is 16.4 Å². The van der Waals surface area contributed by atoms with Crippen molar-refractivity contribution in [3.05, 3.63) is 64.8 Å². The molecule has 0 bridgehead atoms. The Kier molecular flexibility index (Phi) is 4.54. The Hall–Kier alpha value is -3.17. The van der Waals surface area contributed by atoms with Crippen molar-refractivity contribution < 1.29 is 0 Å². The van der Waals surface area contributed by atoms with Crippen LogP contribution < -0.4 is 10.6 Å². The highest BCUT2D eigenvalue weighted by Gasteiger charge is 2.05. The van der Waals surface area contributed by atoms with Crippen LogP contribution in [0.25, 0.3) is 0 Å². The third-order valence-electron chi connectivity index (χ3n) is 3.29. The van der Waals surface area contributed by atoms with Gasteiger partial charge in [-0.15, -0.1) is 5.10 Å². The summed E-state index contributed by atoms with van der Waals surface area (Å²) < 4.78 is 0. The molecule has 2 N–H and O–H groups in total. The molecule has 0 unspecified atom stereocenters. The molecular formula is C17H13ClN6. The monoisotopic (exact) mass is 336 g/mol. The smallest absolute Gasteiger partial charge is 0.249 e. The van der Waals surface area contributed by atoms with Gasteiger partial charge in [0.15, 0.2) is 5.82 Å². The molecule has 0 atom stereocenters. The lowest BCUT2D eigenvalue weighted by atomic mass is 10.2. The molecule has 6 nitrogen and oxygen atoms in total. The van der Waals surface area contributed by atoms with Crippen LogP contribution in [0.5, 0.6) is 0 Å². The fourth-order valence-corrected chi connectivity index (χ4v) is 2.21. The molecular weight excluding hydrogens is 324 g/mol. The number of aromatic nitrogens is 3. The highest BCUT2D eigenvalue weighted by atomic mass is 35.5. The van der Waals surface area contributed by atoms with Gasteiger partial charge in [-0.05, 0) is 48.9 Å². The van der Waals surface area contributed by atoms with Gasteiger partial charge in [-0.3, -0.25) is 0 Å². The van der Waals surface area contributed by atoms with Crippen LogP contribution in [-0.4, -0.2) is 15.2 Å². The Labute approximate surface area is 144 Å². The Bertz CT molecular complexity index is 902. The predicted octanol–water partition coefficient (Wildman–Crippen LogP) is 4.19. The molecule has 7 heteroatoms. The van der Waals surface area contributed by atoms with Crippen LogP contribution in [0.15, 0.2) is 48.7 Å². The highest BCUT2D eigenvalue weighted by molar-refractivity contribution is 6.30. The molecule has 0 aliphatic carbocycles. The lowest BCUT2D eigenvalue weighted by molar-refractivity contribution is 0.982. The first-order chi connectivity index (χ1) is 11.6. The summed E-state index contributed by atoms with van der Waals surface area (Å²) in [5.74, 6) is 0.899.